The highest BCUT2D eigenvalue weighted by Crippen LogP contribution is 2.34. The second-order valence-electron chi connectivity index (χ2n) is 8.89. The molecule has 0 fully saturated rings. The predicted octanol–water partition coefficient (Wildman–Crippen LogP) is 4.37. The second-order valence-corrected chi connectivity index (χ2v) is 9.90. The summed E-state index contributed by atoms with van der Waals surface area (Å²) in [6.07, 6.45) is 3.21. The lowest BCUT2D eigenvalue weighted by atomic mass is 9.94. The van der Waals surface area contributed by atoms with Crippen molar-refractivity contribution >= 4 is 23.4 Å². The Morgan fingerprint density at radius 3 is 2.65 bits per heavy atom. The van der Waals surface area contributed by atoms with Gasteiger partial charge in [0.25, 0.3) is 5.56 Å². The molecule has 0 unspecified atom stereocenters. The van der Waals surface area contributed by atoms with Gasteiger partial charge in [0.15, 0.2) is 4.80 Å². The molecule has 0 bridgehead atoms. The number of fused-ring (bicyclic) bond motifs is 1. The number of benzene rings is 2. The third-order valence-electron chi connectivity index (χ3n) is 5.87. The molecule has 2 heterocycles. The Labute approximate surface area is 220 Å². The number of rotatable bonds is 9. The molecule has 37 heavy (non-hydrogen) atoms. The first kappa shape index (κ1) is 26.4. The lowest BCUT2D eigenvalue weighted by Crippen LogP contribution is -2.40. The highest BCUT2D eigenvalue weighted by atomic mass is 32.1. The van der Waals surface area contributed by atoms with Crippen molar-refractivity contribution in [3.05, 3.63) is 90.6 Å². The summed E-state index contributed by atoms with van der Waals surface area (Å²) in [4.78, 5) is 32.5. The molecule has 0 aliphatic carbocycles. The Kier molecular flexibility index (Phi) is 8.28. The molecule has 0 amide bonds. The molecule has 0 N–H and O–H groups in total. The third-order valence-corrected chi connectivity index (χ3v) is 6.85. The minimum absolute atomic E-state index is 0.00688. The molecule has 1 aliphatic rings. The van der Waals surface area contributed by atoms with E-state index in [4.69, 9.17) is 19.2 Å². The molecule has 0 saturated heterocycles. The number of ether oxygens (including phenoxy) is 3. The van der Waals surface area contributed by atoms with E-state index < -0.39 is 12.0 Å². The quantitative estimate of drug-likeness (QED) is 0.392. The highest BCUT2D eigenvalue weighted by molar-refractivity contribution is 7.07. The fraction of sp³-hybridized carbons (Fsp3) is 0.345. The van der Waals surface area contributed by atoms with Gasteiger partial charge in [-0.05, 0) is 57.0 Å². The number of allylic oxidation sites excluding steroid dienone is 1. The molecule has 1 aliphatic heterocycles. The van der Waals surface area contributed by atoms with Gasteiger partial charge in [0.05, 0.1) is 41.7 Å². The van der Waals surface area contributed by atoms with Crippen LogP contribution in [0, 0.1) is 0 Å². The van der Waals surface area contributed by atoms with E-state index in [1.165, 1.54) is 11.3 Å². The summed E-state index contributed by atoms with van der Waals surface area (Å²) < 4.78 is 19.0. The number of carbonyl (C=O) groups is 1. The molecule has 8 heteroatoms. The van der Waals surface area contributed by atoms with E-state index in [1.807, 2.05) is 75.4 Å². The van der Waals surface area contributed by atoms with Crippen LogP contribution >= 0.6 is 11.3 Å². The number of methoxy groups -OCH3 is 1. The van der Waals surface area contributed by atoms with E-state index in [1.54, 1.807) is 18.6 Å². The van der Waals surface area contributed by atoms with Gasteiger partial charge in [0, 0.05) is 5.56 Å². The molecule has 4 rings (SSSR count). The van der Waals surface area contributed by atoms with Gasteiger partial charge in [0.2, 0.25) is 0 Å². The Morgan fingerprint density at radius 2 is 1.95 bits per heavy atom. The molecule has 1 atom stereocenters. The number of hydrogen-bond acceptors (Lipinski definition) is 7. The molecular weight excluding hydrogens is 488 g/mol. The summed E-state index contributed by atoms with van der Waals surface area (Å²) in [5, 5.41) is 0. The first-order valence-electron chi connectivity index (χ1n) is 12.5. The predicted molar refractivity (Wildman–Crippen MR) is 145 cm³/mol. The van der Waals surface area contributed by atoms with Crippen molar-refractivity contribution in [1.82, 2.24) is 4.57 Å². The van der Waals surface area contributed by atoms with E-state index in [0.717, 1.165) is 17.5 Å². The standard InChI is InChI=1S/C29H32N2O5S/c1-6-11-22-25(28(33)35-7-2)26(20-13-10-14-21(16-20)34-5)31-27(32)24(37-29(31)30-22)17-19-12-8-9-15-23(19)36-18(3)4/h8-10,12-18,26H,6-7,11H2,1-5H3/b24-17-/t26-/m1/s1. The van der Waals surface area contributed by atoms with Crippen molar-refractivity contribution in [1.29, 1.82) is 0 Å². The Hall–Kier alpha value is -3.65. The Morgan fingerprint density at radius 1 is 1.16 bits per heavy atom. The van der Waals surface area contributed by atoms with E-state index >= 15 is 0 Å². The number of nitrogens with zero attached hydrogens (tertiary/aromatic N) is 2. The zero-order valence-corrected chi connectivity index (χ0v) is 22.6. The molecular formula is C29H32N2O5S. The van der Waals surface area contributed by atoms with Gasteiger partial charge in [-0.25, -0.2) is 9.79 Å². The summed E-state index contributed by atoms with van der Waals surface area (Å²) >= 11 is 1.30. The molecule has 3 aromatic rings. The van der Waals surface area contributed by atoms with Crippen LogP contribution in [0.15, 0.2) is 69.6 Å². The number of thiazole rings is 1. The van der Waals surface area contributed by atoms with Crippen LogP contribution in [0.2, 0.25) is 0 Å². The van der Waals surface area contributed by atoms with Gasteiger partial charge in [-0.15, -0.1) is 0 Å². The first-order valence-corrected chi connectivity index (χ1v) is 13.3. The minimum Gasteiger partial charge on any atom is -0.497 e. The maximum absolute atomic E-state index is 13.9. The summed E-state index contributed by atoms with van der Waals surface area (Å²) in [6, 6.07) is 14.4. The second kappa shape index (κ2) is 11.6. The first-order chi connectivity index (χ1) is 17.9. The van der Waals surface area contributed by atoms with Crippen molar-refractivity contribution < 1.29 is 19.0 Å². The van der Waals surface area contributed by atoms with Crippen molar-refractivity contribution in [2.45, 2.75) is 52.7 Å². The monoisotopic (exact) mass is 520 g/mol. The zero-order valence-electron chi connectivity index (χ0n) is 21.8. The number of aromatic nitrogens is 1. The molecule has 0 radical (unpaired) electrons. The van der Waals surface area contributed by atoms with Gasteiger partial charge in [-0.1, -0.05) is 55.0 Å². The molecule has 2 aromatic carbocycles. The van der Waals surface area contributed by atoms with Gasteiger partial charge in [-0.3, -0.25) is 9.36 Å². The van der Waals surface area contributed by atoms with Gasteiger partial charge >= 0.3 is 5.97 Å². The lowest BCUT2D eigenvalue weighted by molar-refractivity contribution is -0.139. The Bertz CT molecular complexity index is 1500. The maximum Gasteiger partial charge on any atom is 0.338 e. The van der Waals surface area contributed by atoms with Crippen LogP contribution in [0.25, 0.3) is 6.08 Å². The smallest absolute Gasteiger partial charge is 0.338 e. The average molecular weight is 521 g/mol. The third kappa shape index (κ3) is 5.54. The summed E-state index contributed by atoms with van der Waals surface area (Å²) in [5.74, 6) is 0.871. The molecule has 7 nitrogen and oxygen atoms in total. The summed E-state index contributed by atoms with van der Waals surface area (Å²) in [6.45, 7) is 7.96. The van der Waals surface area contributed by atoms with Crippen LogP contribution in [0.3, 0.4) is 0 Å². The van der Waals surface area contributed by atoms with Crippen LogP contribution in [-0.2, 0) is 9.53 Å². The van der Waals surface area contributed by atoms with E-state index in [9.17, 15) is 9.59 Å². The number of para-hydroxylation sites is 1. The van der Waals surface area contributed by atoms with Crippen LogP contribution in [0.5, 0.6) is 11.5 Å². The van der Waals surface area contributed by atoms with Crippen LogP contribution in [0.4, 0.5) is 0 Å². The average Bonchev–Trinajstić information content (AvgIpc) is 3.19. The molecule has 0 spiro atoms. The summed E-state index contributed by atoms with van der Waals surface area (Å²) in [7, 11) is 1.59. The molecule has 194 valence electrons. The molecule has 1 aromatic heterocycles. The maximum atomic E-state index is 13.9. The van der Waals surface area contributed by atoms with Crippen molar-refractivity contribution in [2.24, 2.45) is 4.99 Å². The number of carbonyl (C=O) groups excluding carboxylic acids is 1. The van der Waals surface area contributed by atoms with E-state index in [2.05, 4.69) is 0 Å². The minimum atomic E-state index is -0.684. The van der Waals surface area contributed by atoms with Crippen molar-refractivity contribution in [3.63, 3.8) is 0 Å². The van der Waals surface area contributed by atoms with Crippen LogP contribution in [-0.4, -0.2) is 30.4 Å². The lowest BCUT2D eigenvalue weighted by Gasteiger charge is -2.26. The van der Waals surface area contributed by atoms with Crippen molar-refractivity contribution in [3.8, 4) is 11.5 Å². The fourth-order valence-electron chi connectivity index (χ4n) is 4.35. The van der Waals surface area contributed by atoms with Crippen LogP contribution in [0.1, 0.15) is 57.7 Å². The van der Waals surface area contributed by atoms with Gasteiger partial charge in [-0.2, -0.15) is 0 Å². The van der Waals surface area contributed by atoms with E-state index in [0.29, 0.717) is 38.5 Å². The largest absolute Gasteiger partial charge is 0.497 e. The SMILES string of the molecule is CCCC1=C(C(=O)OCC)[C@@H](c2cccc(OC)c2)n2c(s/c(=C\c3ccccc3OC(C)C)c2=O)=N1. The van der Waals surface area contributed by atoms with Crippen LogP contribution < -0.4 is 24.4 Å². The van der Waals surface area contributed by atoms with E-state index in [-0.39, 0.29) is 18.3 Å². The van der Waals surface area contributed by atoms with Crippen molar-refractivity contribution in [2.75, 3.05) is 13.7 Å². The number of hydrogen-bond donors (Lipinski definition) is 0. The van der Waals surface area contributed by atoms with Gasteiger partial charge < -0.3 is 14.2 Å². The fourth-order valence-corrected chi connectivity index (χ4v) is 5.36. The zero-order chi connectivity index (χ0) is 26.5. The Balaban J connectivity index is 1.99. The molecule has 0 saturated carbocycles. The topological polar surface area (TPSA) is 79.1 Å². The normalized spacial score (nSPS) is 15.4. The summed E-state index contributed by atoms with van der Waals surface area (Å²) in [5.41, 5.74) is 2.36. The number of esters is 1. The van der Waals surface area contributed by atoms with Gasteiger partial charge in [0.1, 0.15) is 11.5 Å². The highest BCUT2D eigenvalue weighted by Gasteiger charge is 2.34.